The van der Waals surface area contributed by atoms with Gasteiger partial charge in [0.1, 0.15) is 11.8 Å². The molecule has 1 N–H and O–H groups in total. The lowest BCUT2D eigenvalue weighted by atomic mass is 9.92. The van der Waals surface area contributed by atoms with Gasteiger partial charge >= 0.3 is 6.01 Å². The Morgan fingerprint density at radius 2 is 1.83 bits per heavy atom. The topological polar surface area (TPSA) is 110 Å². The van der Waals surface area contributed by atoms with E-state index in [2.05, 4.69) is 25.3 Å². The van der Waals surface area contributed by atoms with Crippen LogP contribution < -0.4 is 9.46 Å². The Morgan fingerprint density at radius 3 is 2.43 bits per heavy atom. The van der Waals surface area contributed by atoms with Crippen molar-refractivity contribution in [1.29, 1.82) is 5.26 Å². The lowest BCUT2D eigenvalue weighted by molar-refractivity contribution is 0.324. The summed E-state index contributed by atoms with van der Waals surface area (Å²) < 4.78 is 35.2. The van der Waals surface area contributed by atoms with Gasteiger partial charge in [0.05, 0.1) is 22.0 Å². The van der Waals surface area contributed by atoms with Crippen molar-refractivity contribution in [3.8, 4) is 29.1 Å². The molecule has 0 unspecified atom stereocenters. The van der Waals surface area contributed by atoms with Crippen LogP contribution in [0.4, 0.5) is 5.69 Å². The highest BCUT2D eigenvalue weighted by molar-refractivity contribution is 7.93. The van der Waals surface area contributed by atoms with E-state index in [9.17, 15) is 13.7 Å². The second kappa shape index (κ2) is 9.04. The molecule has 8 nitrogen and oxygen atoms in total. The number of hydrogen-bond donors (Lipinski definition) is 1. The fraction of sp³-hybridized carbons (Fsp3) is 0.269. The van der Waals surface area contributed by atoms with Crippen LogP contribution in [-0.2, 0) is 10.0 Å². The maximum Gasteiger partial charge on any atom is 0.321 e. The second-order valence-corrected chi connectivity index (χ2v) is 11.1. The van der Waals surface area contributed by atoms with Gasteiger partial charge in [0, 0.05) is 35.6 Å². The average Bonchev–Trinajstić information content (AvgIpc) is 3.12. The van der Waals surface area contributed by atoms with Gasteiger partial charge < -0.3 is 9.30 Å². The van der Waals surface area contributed by atoms with E-state index in [0.29, 0.717) is 17.0 Å². The number of anilines is 1. The molecule has 0 amide bonds. The summed E-state index contributed by atoms with van der Waals surface area (Å²) >= 11 is 0. The standard InChI is InChI=1S/C26H25N5O3S/c1-17(2)35(32,33)30-19-9-7-18(8-10-19)25-23(16-27)22-12-11-21(34-26-28-13-4-14-29-26)15-24(22)31(25)20-5-3-6-20/h4,7-15,17,20,30H,3,5-6H2,1-2H3. The summed E-state index contributed by atoms with van der Waals surface area (Å²) in [6.45, 7) is 3.27. The predicted molar refractivity (Wildman–Crippen MR) is 135 cm³/mol. The van der Waals surface area contributed by atoms with E-state index in [1.807, 2.05) is 30.3 Å². The highest BCUT2D eigenvalue weighted by Crippen LogP contribution is 2.43. The van der Waals surface area contributed by atoms with Crippen molar-refractivity contribution in [1.82, 2.24) is 14.5 Å². The first kappa shape index (κ1) is 22.9. The smallest absolute Gasteiger partial charge is 0.321 e. The summed E-state index contributed by atoms with van der Waals surface area (Å²) in [4.78, 5) is 8.26. The molecule has 0 aliphatic heterocycles. The van der Waals surface area contributed by atoms with Gasteiger partial charge in [-0.1, -0.05) is 12.1 Å². The number of rotatable bonds is 7. The van der Waals surface area contributed by atoms with Crippen LogP contribution in [0.3, 0.4) is 0 Å². The Balaban J connectivity index is 1.60. The number of nitrogens with zero attached hydrogens (tertiary/aromatic N) is 4. The first-order chi connectivity index (χ1) is 16.9. The first-order valence-electron chi connectivity index (χ1n) is 11.5. The molecular formula is C26H25N5O3S. The van der Waals surface area contributed by atoms with Crippen molar-refractivity contribution < 1.29 is 13.2 Å². The van der Waals surface area contributed by atoms with Crippen LogP contribution in [0, 0.1) is 11.3 Å². The number of fused-ring (bicyclic) bond motifs is 1. The molecule has 1 aliphatic rings. The van der Waals surface area contributed by atoms with Crippen LogP contribution in [0.1, 0.15) is 44.7 Å². The Morgan fingerprint density at radius 1 is 1.11 bits per heavy atom. The molecule has 1 fully saturated rings. The zero-order chi connectivity index (χ0) is 24.6. The van der Waals surface area contributed by atoms with E-state index in [-0.39, 0.29) is 12.1 Å². The van der Waals surface area contributed by atoms with Crippen molar-refractivity contribution in [3.63, 3.8) is 0 Å². The SMILES string of the molecule is CC(C)S(=O)(=O)Nc1ccc(-c2c(C#N)c3ccc(Oc4ncccn4)cc3n2C2CCC2)cc1. The third-order valence-corrected chi connectivity index (χ3v) is 8.08. The van der Waals surface area contributed by atoms with Crippen molar-refractivity contribution >= 4 is 26.6 Å². The average molecular weight is 488 g/mol. The molecule has 2 aromatic heterocycles. The minimum Gasteiger partial charge on any atom is -0.424 e. The zero-order valence-electron chi connectivity index (χ0n) is 19.5. The number of sulfonamides is 1. The van der Waals surface area contributed by atoms with Crippen LogP contribution >= 0.6 is 0 Å². The van der Waals surface area contributed by atoms with Crippen LogP contribution in [0.2, 0.25) is 0 Å². The van der Waals surface area contributed by atoms with Crippen molar-refractivity contribution in [2.45, 2.75) is 44.4 Å². The molecular weight excluding hydrogens is 462 g/mol. The third kappa shape index (κ3) is 4.33. The fourth-order valence-electron chi connectivity index (χ4n) is 4.20. The van der Waals surface area contributed by atoms with E-state index < -0.39 is 15.3 Å². The number of hydrogen-bond acceptors (Lipinski definition) is 6. The molecule has 9 heteroatoms. The molecule has 0 atom stereocenters. The van der Waals surface area contributed by atoms with Gasteiger partial charge in [-0.05, 0) is 69.0 Å². The zero-order valence-corrected chi connectivity index (χ0v) is 20.3. The summed E-state index contributed by atoms with van der Waals surface area (Å²) in [7, 11) is -3.44. The van der Waals surface area contributed by atoms with Gasteiger partial charge in [0.2, 0.25) is 10.0 Å². The number of nitriles is 1. The molecule has 178 valence electrons. The molecule has 5 rings (SSSR count). The maximum absolute atomic E-state index is 12.2. The number of aromatic nitrogens is 3. The maximum atomic E-state index is 12.2. The Bertz CT molecular complexity index is 1520. The highest BCUT2D eigenvalue weighted by atomic mass is 32.2. The number of nitrogens with one attached hydrogen (secondary N) is 1. The minimum absolute atomic E-state index is 0.258. The molecule has 2 aromatic carbocycles. The van der Waals surface area contributed by atoms with E-state index in [1.54, 1.807) is 44.4 Å². The molecule has 2 heterocycles. The van der Waals surface area contributed by atoms with Gasteiger partial charge in [0.25, 0.3) is 0 Å². The normalized spacial score (nSPS) is 14.0. The molecule has 0 radical (unpaired) electrons. The summed E-state index contributed by atoms with van der Waals surface area (Å²) in [6, 6.07) is 17.5. The molecule has 1 aliphatic carbocycles. The van der Waals surface area contributed by atoms with Crippen LogP contribution in [-0.4, -0.2) is 28.2 Å². The van der Waals surface area contributed by atoms with E-state index in [1.165, 1.54) is 0 Å². The lowest BCUT2D eigenvalue weighted by Gasteiger charge is -2.30. The van der Waals surface area contributed by atoms with Gasteiger partial charge in [-0.2, -0.15) is 5.26 Å². The second-order valence-electron chi connectivity index (χ2n) is 8.88. The van der Waals surface area contributed by atoms with Gasteiger partial charge in [-0.3, -0.25) is 4.72 Å². The van der Waals surface area contributed by atoms with Crippen molar-refractivity contribution in [2.75, 3.05) is 4.72 Å². The van der Waals surface area contributed by atoms with Crippen LogP contribution in [0.25, 0.3) is 22.2 Å². The van der Waals surface area contributed by atoms with E-state index in [0.717, 1.165) is 41.4 Å². The third-order valence-electron chi connectivity index (χ3n) is 6.32. The van der Waals surface area contributed by atoms with Gasteiger partial charge in [-0.15, -0.1) is 0 Å². The Hall–Kier alpha value is -3.90. The van der Waals surface area contributed by atoms with E-state index in [4.69, 9.17) is 4.74 Å². The minimum atomic E-state index is -3.44. The van der Waals surface area contributed by atoms with Gasteiger partial charge in [-0.25, -0.2) is 18.4 Å². The molecule has 0 bridgehead atoms. The summed E-state index contributed by atoms with van der Waals surface area (Å²) in [6.07, 6.45) is 6.43. The summed E-state index contributed by atoms with van der Waals surface area (Å²) in [5, 5.41) is 10.4. The Kier molecular flexibility index (Phi) is 5.91. The van der Waals surface area contributed by atoms with Crippen LogP contribution in [0.15, 0.2) is 60.9 Å². The molecule has 0 spiro atoms. The Labute approximate surface area is 204 Å². The van der Waals surface area contributed by atoms with Crippen LogP contribution in [0.5, 0.6) is 11.8 Å². The molecule has 35 heavy (non-hydrogen) atoms. The molecule has 0 saturated heterocycles. The molecule has 1 saturated carbocycles. The fourth-order valence-corrected chi connectivity index (χ4v) is 4.90. The predicted octanol–water partition coefficient (Wildman–Crippen LogP) is 5.64. The lowest BCUT2D eigenvalue weighted by Crippen LogP contribution is -2.22. The summed E-state index contributed by atoms with van der Waals surface area (Å²) in [5.41, 5.74) is 3.68. The summed E-state index contributed by atoms with van der Waals surface area (Å²) in [5.74, 6) is 0.594. The quantitative estimate of drug-likeness (QED) is 0.361. The monoisotopic (exact) mass is 487 g/mol. The molecule has 4 aromatic rings. The largest absolute Gasteiger partial charge is 0.424 e. The van der Waals surface area contributed by atoms with Crippen molar-refractivity contribution in [2.24, 2.45) is 0 Å². The highest BCUT2D eigenvalue weighted by Gasteiger charge is 2.28. The first-order valence-corrected chi connectivity index (χ1v) is 13.1. The number of ether oxygens (including phenoxy) is 1. The van der Waals surface area contributed by atoms with Gasteiger partial charge in [0.15, 0.2) is 0 Å². The van der Waals surface area contributed by atoms with E-state index >= 15 is 0 Å². The number of benzene rings is 2. The van der Waals surface area contributed by atoms with Crippen molar-refractivity contribution in [3.05, 3.63) is 66.5 Å².